The van der Waals surface area contributed by atoms with Crippen molar-refractivity contribution in [3.05, 3.63) is 93.2 Å². The molecule has 0 bridgehead atoms. The van der Waals surface area contributed by atoms with Crippen molar-refractivity contribution in [3.8, 4) is 5.75 Å². The highest BCUT2D eigenvalue weighted by Crippen LogP contribution is 2.32. The minimum atomic E-state index is -4.58. The predicted octanol–water partition coefficient (Wildman–Crippen LogP) is 3.02. The average molecular weight is 403 g/mol. The number of H-pyrrole nitrogens is 1. The molecule has 0 radical (unpaired) electrons. The van der Waals surface area contributed by atoms with Crippen LogP contribution in [0.25, 0.3) is 0 Å². The van der Waals surface area contributed by atoms with Gasteiger partial charge in [-0.05, 0) is 17.2 Å². The second-order valence-electron chi connectivity index (χ2n) is 6.21. The van der Waals surface area contributed by atoms with E-state index in [-0.39, 0.29) is 24.4 Å². The molecule has 0 aliphatic heterocycles. The summed E-state index contributed by atoms with van der Waals surface area (Å²) in [7, 11) is 0. The maximum Gasteiger partial charge on any atom is 0.416 e. The average Bonchev–Trinajstić information content (AvgIpc) is 2.69. The number of nitrogens with zero attached hydrogens (tertiary/aromatic N) is 1. The van der Waals surface area contributed by atoms with E-state index in [0.29, 0.717) is 0 Å². The quantitative estimate of drug-likeness (QED) is 0.610. The van der Waals surface area contributed by atoms with Gasteiger partial charge in [-0.1, -0.05) is 48.5 Å². The van der Waals surface area contributed by atoms with Gasteiger partial charge in [0, 0.05) is 13.0 Å². The first-order valence-electron chi connectivity index (χ1n) is 8.55. The number of halogens is 3. The first kappa shape index (κ1) is 20.1. The number of rotatable bonds is 5. The zero-order valence-corrected chi connectivity index (χ0v) is 15.0. The van der Waals surface area contributed by atoms with Crippen LogP contribution >= 0.6 is 0 Å². The van der Waals surface area contributed by atoms with Gasteiger partial charge < -0.3 is 15.4 Å². The van der Waals surface area contributed by atoms with E-state index < -0.39 is 34.6 Å². The summed E-state index contributed by atoms with van der Waals surface area (Å²) >= 11 is 0. The van der Waals surface area contributed by atoms with Gasteiger partial charge in [0.1, 0.15) is 5.82 Å². The molecule has 1 heterocycles. The molecule has 0 unspecified atom stereocenters. The summed E-state index contributed by atoms with van der Waals surface area (Å²) in [6.07, 6.45) is -4.95. The van der Waals surface area contributed by atoms with Crippen molar-refractivity contribution >= 4 is 5.91 Å². The van der Waals surface area contributed by atoms with Crippen LogP contribution < -0.4 is 10.9 Å². The number of amides is 1. The van der Waals surface area contributed by atoms with Gasteiger partial charge in [0.25, 0.3) is 11.5 Å². The molecule has 0 saturated carbocycles. The number of aromatic amines is 1. The van der Waals surface area contributed by atoms with Crippen molar-refractivity contribution in [1.82, 2.24) is 15.3 Å². The predicted molar refractivity (Wildman–Crippen MR) is 98.4 cm³/mol. The second kappa shape index (κ2) is 8.17. The number of nitrogens with one attached hydrogen (secondary N) is 2. The Bertz CT molecular complexity index is 1080. The van der Waals surface area contributed by atoms with Crippen LogP contribution in [0.1, 0.15) is 33.0 Å². The molecular weight excluding hydrogens is 387 g/mol. The number of aromatic hydroxyl groups is 1. The normalized spacial score (nSPS) is 11.3. The van der Waals surface area contributed by atoms with E-state index >= 15 is 0 Å². The van der Waals surface area contributed by atoms with Crippen LogP contribution in [0.3, 0.4) is 0 Å². The maximum absolute atomic E-state index is 13.2. The zero-order valence-electron chi connectivity index (χ0n) is 15.0. The smallest absolute Gasteiger partial charge is 0.416 e. The topological polar surface area (TPSA) is 95.1 Å². The van der Waals surface area contributed by atoms with E-state index in [1.54, 1.807) is 30.3 Å². The Morgan fingerprint density at radius 1 is 1.07 bits per heavy atom. The number of aromatic nitrogens is 2. The lowest BCUT2D eigenvalue weighted by Crippen LogP contribution is -2.27. The minimum Gasteiger partial charge on any atom is -0.501 e. The molecule has 2 aromatic carbocycles. The van der Waals surface area contributed by atoms with Gasteiger partial charge in [0.05, 0.1) is 5.56 Å². The molecule has 0 aliphatic rings. The summed E-state index contributed by atoms with van der Waals surface area (Å²) in [5, 5.41) is 12.4. The molecule has 0 spiro atoms. The number of carbonyl (C=O) groups excluding carboxylic acids is 1. The molecular formula is C20H16F3N3O3. The third-order valence-corrected chi connectivity index (χ3v) is 4.14. The van der Waals surface area contributed by atoms with Crippen molar-refractivity contribution in [1.29, 1.82) is 0 Å². The fraction of sp³-hybridized carbons (Fsp3) is 0.150. The van der Waals surface area contributed by atoms with Crippen molar-refractivity contribution in [2.75, 3.05) is 0 Å². The molecule has 1 amide bonds. The van der Waals surface area contributed by atoms with Gasteiger partial charge in [-0.3, -0.25) is 9.59 Å². The highest BCUT2D eigenvalue weighted by Gasteiger charge is 2.33. The van der Waals surface area contributed by atoms with Gasteiger partial charge in [-0.25, -0.2) is 4.98 Å². The third kappa shape index (κ3) is 4.81. The maximum atomic E-state index is 13.2. The van der Waals surface area contributed by atoms with E-state index in [0.717, 1.165) is 11.6 Å². The highest BCUT2D eigenvalue weighted by atomic mass is 19.4. The highest BCUT2D eigenvalue weighted by molar-refractivity contribution is 5.94. The van der Waals surface area contributed by atoms with E-state index in [4.69, 9.17) is 0 Å². The molecule has 150 valence electrons. The van der Waals surface area contributed by atoms with Crippen LogP contribution in [0.4, 0.5) is 13.2 Å². The Balaban J connectivity index is 1.87. The number of carbonyl (C=O) groups is 1. The monoisotopic (exact) mass is 403 g/mol. The van der Waals surface area contributed by atoms with Crippen LogP contribution in [-0.2, 0) is 19.1 Å². The molecule has 0 aliphatic carbocycles. The first-order chi connectivity index (χ1) is 13.8. The number of benzene rings is 2. The summed E-state index contributed by atoms with van der Waals surface area (Å²) < 4.78 is 39.5. The fourth-order valence-electron chi connectivity index (χ4n) is 2.75. The van der Waals surface area contributed by atoms with Crippen LogP contribution in [0.5, 0.6) is 5.75 Å². The van der Waals surface area contributed by atoms with Crippen LogP contribution in [0, 0.1) is 0 Å². The van der Waals surface area contributed by atoms with Crippen LogP contribution in [0.2, 0.25) is 0 Å². The molecule has 3 rings (SSSR count). The molecule has 6 nitrogen and oxygen atoms in total. The zero-order chi connectivity index (χ0) is 21.0. The molecule has 29 heavy (non-hydrogen) atoms. The third-order valence-electron chi connectivity index (χ3n) is 4.14. The first-order valence-corrected chi connectivity index (χ1v) is 8.55. The van der Waals surface area contributed by atoms with Crippen LogP contribution in [-0.4, -0.2) is 21.0 Å². The molecule has 3 aromatic rings. The van der Waals surface area contributed by atoms with Crippen molar-refractivity contribution in [2.45, 2.75) is 19.1 Å². The summed E-state index contributed by atoms with van der Waals surface area (Å²) in [4.78, 5) is 30.4. The van der Waals surface area contributed by atoms with E-state index in [1.165, 1.54) is 18.2 Å². The molecule has 0 saturated heterocycles. The Morgan fingerprint density at radius 3 is 2.41 bits per heavy atom. The Hall–Kier alpha value is -3.62. The van der Waals surface area contributed by atoms with Gasteiger partial charge in [0.2, 0.25) is 5.75 Å². The molecule has 0 atom stereocenters. The molecule has 3 N–H and O–H groups in total. The van der Waals surface area contributed by atoms with Crippen molar-refractivity contribution in [3.63, 3.8) is 0 Å². The summed E-state index contributed by atoms with van der Waals surface area (Å²) in [6.45, 7) is 0.125. The van der Waals surface area contributed by atoms with Gasteiger partial charge in [0.15, 0.2) is 5.69 Å². The molecule has 9 heteroatoms. The van der Waals surface area contributed by atoms with Crippen LogP contribution in [0.15, 0.2) is 59.4 Å². The Labute approximate surface area is 163 Å². The summed E-state index contributed by atoms with van der Waals surface area (Å²) in [5.74, 6) is -1.89. The van der Waals surface area contributed by atoms with Gasteiger partial charge in [-0.15, -0.1) is 0 Å². The lowest BCUT2D eigenvalue weighted by Gasteiger charge is -2.13. The van der Waals surface area contributed by atoms with Gasteiger partial charge >= 0.3 is 6.18 Å². The Kier molecular flexibility index (Phi) is 5.67. The lowest BCUT2D eigenvalue weighted by atomic mass is 10.0. The van der Waals surface area contributed by atoms with Crippen molar-refractivity contribution < 1.29 is 23.1 Å². The Morgan fingerprint density at radius 2 is 1.72 bits per heavy atom. The van der Waals surface area contributed by atoms with Crippen molar-refractivity contribution in [2.24, 2.45) is 0 Å². The SMILES string of the molecule is O=C(NCc1ccccc1)c1nc(Cc2ccccc2C(F)(F)F)[nH]c(=O)c1O. The lowest BCUT2D eigenvalue weighted by molar-refractivity contribution is -0.138. The standard InChI is InChI=1S/C20H16F3N3O3/c21-20(22,23)14-9-5-4-8-13(14)10-15-25-16(17(27)19(29)26-15)18(28)24-11-12-6-2-1-3-7-12/h1-9,27H,10-11H2,(H,24,28)(H,25,26,29). The largest absolute Gasteiger partial charge is 0.501 e. The fourth-order valence-corrected chi connectivity index (χ4v) is 2.75. The summed E-state index contributed by atoms with van der Waals surface area (Å²) in [5.41, 5.74) is -1.77. The number of alkyl halides is 3. The second-order valence-corrected chi connectivity index (χ2v) is 6.21. The number of hydrogen-bond acceptors (Lipinski definition) is 4. The van der Waals surface area contributed by atoms with E-state index in [9.17, 15) is 27.9 Å². The van der Waals surface area contributed by atoms with E-state index in [2.05, 4.69) is 15.3 Å². The molecule has 0 fully saturated rings. The molecule has 1 aromatic heterocycles. The minimum absolute atomic E-state index is 0.121. The van der Waals surface area contributed by atoms with E-state index in [1.807, 2.05) is 0 Å². The summed E-state index contributed by atoms with van der Waals surface area (Å²) in [6, 6.07) is 13.8. The van der Waals surface area contributed by atoms with Gasteiger partial charge in [-0.2, -0.15) is 13.2 Å². The number of hydrogen-bond donors (Lipinski definition) is 3.